The monoisotopic (exact) mass is 460 g/mol. The van der Waals surface area contributed by atoms with E-state index in [2.05, 4.69) is 63.1 Å². The molecule has 184 valence electrons. The van der Waals surface area contributed by atoms with Gasteiger partial charge in [0.05, 0.1) is 0 Å². The minimum Gasteiger partial charge on any atom is -0.462 e. The number of likely N-dealkylation sites (N-methyl/N-ethyl adjacent to an activating group) is 2. The van der Waals surface area contributed by atoms with Gasteiger partial charge in [-0.25, -0.2) is 0 Å². The second-order valence-electron chi connectivity index (χ2n) is 7.39. The zero-order valence-corrected chi connectivity index (χ0v) is 20.5. The smallest absolute Gasteiger partial charge is 0.324 e. The van der Waals surface area contributed by atoms with Crippen molar-refractivity contribution >= 4 is 17.3 Å². The van der Waals surface area contributed by atoms with Crippen molar-refractivity contribution in [1.29, 1.82) is 0 Å². The van der Waals surface area contributed by atoms with Gasteiger partial charge in [-0.3, -0.25) is 0 Å². The van der Waals surface area contributed by atoms with E-state index in [1.165, 1.54) is 0 Å². The maximum Gasteiger partial charge on any atom is 0.324 e. The van der Waals surface area contributed by atoms with Gasteiger partial charge >= 0.3 is 12.0 Å². The molecular formula is C23H40N8O2. The van der Waals surface area contributed by atoms with Gasteiger partial charge in [-0.1, -0.05) is 27.7 Å². The third-order valence-electron chi connectivity index (χ3n) is 5.28. The summed E-state index contributed by atoms with van der Waals surface area (Å²) < 4.78 is 11.7. The standard InChI is InChI=1S/C23H40N8O2/c1-5-30(6-2)15-17-32-22-27-21(26-20-11-9-19(10-12-20)25-14-13-24)28-23(29-22)33-18-16-31(7-3)8-4/h9-12,25H,5-8,13-18,24H2,1-4H3,(H,26,27,28,29). The number of rotatable bonds is 17. The summed E-state index contributed by atoms with van der Waals surface area (Å²) in [6.07, 6.45) is 0. The Morgan fingerprint density at radius 2 is 1.24 bits per heavy atom. The Balaban J connectivity index is 2.08. The Labute approximate surface area is 197 Å². The maximum atomic E-state index is 5.84. The normalized spacial score (nSPS) is 11.1. The summed E-state index contributed by atoms with van der Waals surface area (Å²) >= 11 is 0. The van der Waals surface area contributed by atoms with Crippen LogP contribution in [0, 0.1) is 0 Å². The highest BCUT2D eigenvalue weighted by Gasteiger charge is 2.11. The van der Waals surface area contributed by atoms with Crippen LogP contribution in [0.25, 0.3) is 0 Å². The van der Waals surface area contributed by atoms with Crippen LogP contribution in [0.1, 0.15) is 27.7 Å². The molecule has 0 amide bonds. The molecule has 1 heterocycles. The average Bonchev–Trinajstić information content (AvgIpc) is 2.84. The van der Waals surface area contributed by atoms with Crippen molar-refractivity contribution in [2.24, 2.45) is 5.73 Å². The largest absolute Gasteiger partial charge is 0.462 e. The first-order valence-electron chi connectivity index (χ1n) is 11.9. The Hall–Kier alpha value is -2.69. The number of nitrogens with one attached hydrogen (secondary N) is 2. The summed E-state index contributed by atoms with van der Waals surface area (Å²) in [7, 11) is 0. The summed E-state index contributed by atoms with van der Waals surface area (Å²) in [5.74, 6) is 0.378. The summed E-state index contributed by atoms with van der Waals surface area (Å²) in [5, 5.41) is 6.46. The van der Waals surface area contributed by atoms with Crippen molar-refractivity contribution in [3.8, 4) is 12.0 Å². The topological polar surface area (TPSA) is 114 Å². The molecule has 0 saturated heterocycles. The highest BCUT2D eigenvalue weighted by atomic mass is 16.5. The molecule has 1 aromatic heterocycles. The van der Waals surface area contributed by atoms with Gasteiger partial charge in [0, 0.05) is 37.6 Å². The summed E-state index contributed by atoms with van der Waals surface area (Å²) in [6, 6.07) is 8.34. The molecule has 0 fully saturated rings. The molecule has 2 aromatic rings. The zero-order valence-electron chi connectivity index (χ0n) is 20.5. The zero-order chi connectivity index (χ0) is 23.9. The Morgan fingerprint density at radius 1 is 0.758 bits per heavy atom. The third-order valence-corrected chi connectivity index (χ3v) is 5.28. The molecule has 0 unspecified atom stereocenters. The van der Waals surface area contributed by atoms with Crippen LogP contribution in [-0.2, 0) is 0 Å². The van der Waals surface area contributed by atoms with Crippen LogP contribution in [0.2, 0.25) is 0 Å². The van der Waals surface area contributed by atoms with Gasteiger partial charge in [-0.2, -0.15) is 9.97 Å². The molecule has 33 heavy (non-hydrogen) atoms. The number of anilines is 3. The van der Waals surface area contributed by atoms with E-state index in [9.17, 15) is 0 Å². The molecule has 0 aliphatic rings. The van der Waals surface area contributed by atoms with Gasteiger partial charge in [-0.05, 0) is 50.4 Å². The number of ether oxygens (including phenoxy) is 2. The van der Waals surface area contributed by atoms with Crippen molar-refractivity contribution in [1.82, 2.24) is 24.8 Å². The van der Waals surface area contributed by atoms with Crippen molar-refractivity contribution in [3.05, 3.63) is 24.3 Å². The van der Waals surface area contributed by atoms with Crippen molar-refractivity contribution in [2.75, 3.05) is 76.2 Å². The van der Waals surface area contributed by atoms with Crippen molar-refractivity contribution in [2.45, 2.75) is 27.7 Å². The van der Waals surface area contributed by atoms with Gasteiger partial charge < -0.3 is 35.6 Å². The highest BCUT2D eigenvalue weighted by Crippen LogP contribution is 2.19. The number of nitrogens with zero attached hydrogens (tertiary/aromatic N) is 5. The lowest BCUT2D eigenvalue weighted by Gasteiger charge is -2.18. The van der Waals surface area contributed by atoms with Gasteiger partial charge in [-0.15, -0.1) is 4.98 Å². The number of hydrogen-bond acceptors (Lipinski definition) is 10. The second-order valence-corrected chi connectivity index (χ2v) is 7.39. The molecule has 0 saturated carbocycles. The van der Waals surface area contributed by atoms with Crippen molar-refractivity contribution in [3.63, 3.8) is 0 Å². The van der Waals surface area contributed by atoms with E-state index in [0.717, 1.165) is 57.2 Å². The first-order chi connectivity index (χ1) is 16.1. The number of nitrogens with two attached hydrogens (primary N) is 1. The van der Waals surface area contributed by atoms with Gasteiger partial charge in [0.2, 0.25) is 5.95 Å². The van der Waals surface area contributed by atoms with E-state index in [-0.39, 0.29) is 12.0 Å². The highest BCUT2D eigenvalue weighted by molar-refractivity contribution is 5.58. The third kappa shape index (κ3) is 9.77. The molecule has 0 aliphatic heterocycles. The van der Waals surface area contributed by atoms with Crippen LogP contribution in [-0.4, -0.2) is 90.3 Å². The quantitative estimate of drug-likeness (QED) is 0.325. The van der Waals surface area contributed by atoms with Crippen LogP contribution in [0.5, 0.6) is 12.0 Å². The fraction of sp³-hybridized carbons (Fsp3) is 0.609. The Kier molecular flexibility index (Phi) is 12.2. The van der Waals surface area contributed by atoms with Gasteiger partial charge in [0.15, 0.2) is 0 Å². The predicted octanol–water partition coefficient (Wildman–Crippen LogP) is 2.43. The molecular weight excluding hydrogens is 420 g/mol. The van der Waals surface area contributed by atoms with Gasteiger partial charge in [0.1, 0.15) is 13.2 Å². The van der Waals surface area contributed by atoms with E-state index >= 15 is 0 Å². The molecule has 0 bridgehead atoms. The van der Waals surface area contributed by atoms with Crippen LogP contribution in [0.3, 0.4) is 0 Å². The fourth-order valence-electron chi connectivity index (χ4n) is 3.15. The number of aromatic nitrogens is 3. The fourth-order valence-corrected chi connectivity index (χ4v) is 3.15. The van der Waals surface area contributed by atoms with E-state index in [1.807, 2.05) is 24.3 Å². The predicted molar refractivity (Wildman–Crippen MR) is 134 cm³/mol. The van der Waals surface area contributed by atoms with Crippen LogP contribution in [0.4, 0.5) is 17.3 Å². The molecule has 0 radical (unpaired) electrons. The molecule has 4 N–H and O–H groups in total. The molecule has 10 heteroatoms. The van der Waals surface area contributed by atoms with Crippen LogP contribution < -0.4 is 25.8 Å². The van der Waals surface area contributed by atoms with E-state index in [4.69, 9.17) is 15.2 Å². The number of benzene rings is 1. The van der Waals surface area contributed by atoms with E-state index in [1.54, 1.807) is 0 Å². The first-order valence-corrected chi connectivity index (χ1v) is 11.9. The second kappa shape index (κ2) is 15.2. The molecule has 0 aliphatic carbocycles. The Morgan fingerprint density at radius 3 is 1.70 bits per heavy atom. The number of hydrogen-bond donors (Lipinski definition) is 3. The van der Waals surface area contributed by atoms with Crippen molar-refractivity contribution < 1.29 is 9.47 Å². The van der Waals surface area contributed by atoms with Crippen LogP contribution >= 0.6 is 0 Å². The summed E-state index contributed by atoms with van der Waals surface area (Å²) in [5.41, 5.74) is 7.40. The minimum absolute atomic E-state index is 0.249. The lowest BCUT2D eigenvalue weighted by molar-refractivity contribution is 0.197. The molecule has 2 rings (SSSR count). The lowest BCUT2D eigenvalue weighted by Crippen LogP contribution is -2.28. The Bertz CT molecular complexity index is 746. The van der Waals surface area contributed by atoms with E-state index < -0.39 is 0 Å². The summed E-state index contributed by atoms with van der Waals surface area (Å²) in [6.45, 7) is 16.3. The minimum atomic E-state index is 0.249. The molecule has 0 spiro atoms. The molecule has 10 nitrogen and oxygen atoms in total. The summed E-state index contributed by atoms with van der Waals surface area (Å²) in [4.78, 5) is 17.8. The maximum absolute atomic E-state index is 5.84. The average molecular weight is 461 g/mol. The first kappa shape index (κ1) is 26.6. The van der Waals surface area contributed by atoms with Crippen LogP contribution in [0.15, 0.2) is 24.3 Å². The SMILES string of the molecule is CCN(CC)CCOc1nc(Nc2ccc(NCCN)cc2)nc(OCCN(CC)CC)n1. The molecule has 1 aromatic carbocycles. The molecule has 0 atom stereocenters. The lowest BCUT2D eigenvalue weighted by atomic mass is 10.3. The van der Waals surface area contributed by atoms with E-state index in [0.29, 0.717) is 25.7 Å². The van der Waals surface area contributed by atoms with Gasteiger partial charge in [0.25, 0.3) is 0 Å².